The minimum atomic E-state index is -1.12. The van der Waals surface area contributed by atoms with Crippen LogP contribution in [0.2, 0.25) is 0 Å². The van der Waals surface area contributed by atoms with Gasteiger partial charge < -0.3 is 14.6 Å². The maximum absolute atomic E-state index is 10.9. The number of carbonyl (C=O) groups is 1. The molecule has 0 bridgehead atoms. The zero-order valence-corrected chi connectivity index (χ0v) is 6.95. The van der Waals surface area contributed by atoms with Gasteiger partial charge in [-0.25, -0.2) is 4.79 Å². The first-order valence-corrected chi connectivity index (χ1v) is 3.62. The van der Waals surface area contributed by atoms with Crippen LogP contribution in [0.1, 0.15) is 0 Å². The number of aliphatic hydroxyl groups is 1. The summed E-state index contributed by atoms with van der Waals surface area (Å²) >= 11 is 0. The maximum atomic E-state index is 10.9. The van der Waals surface area contributed by atoms with Crippen molar-refractivity contribution in [3.05, 3.63) is 10.4 Å². The number of carbonyl (C=O) groups excluding carboxylic acids is 1. The minimum Gasteiger partial charge on any atom is -0.467 e. The van der Waals surface area contributed by atoms with Crippen molar-refractivity contribution in [2.45, 2.75) is 18.2 Å². The molecule has 0 amide bonds. The normalized spacial score (nSPS) is 32.3. The lowest BCUT2D eigenvalue weighted by Crippen LogP contribution is -2.35. The van der Waals surface area contributed by atoms with E-state index < -0.39 is 24.2 Å². The molecular weight excluding hydrogens is 178 g/mol. The lowest BCUT2D eigenvalue weighted by atomic mass is 10.1. The molecule has 7 heteroatoms. The number of hydrogen-bond acceptors (Lipinski definition) is 5. The summed E-state index contributed by atoms with van der Waals surface area (Å²) in [6.07, 6.45) is -2.16. The molecule has 0 spiro atoms. The molecule has 1 fully saturated rings. The van der Waals surface area contributed by atoms with Gasteiger partial charge in [-0.15, -0.1) is 0 Å². The first-order chi connectivity index (χ1) is 6.20. The summed E-state index contributed by atoms with van der Waals surface area (Å²) in [5.74, 6) is -0.664. The van der Waals surface area contributed by atoms with Crippen molar-refractivity contribution in [3.8, 4) is 0 Å². The van der Waals surface area contributed by atoms with E-state index in [2.05, 4.69) is 14.8 Å². The smallest absolute Gasteiger partial charge is 0.337 e. The highest BCUT2D eigenvalue weighted by Crippen LogP contribution is 2.18. The van der Waals surface area contributed by atoms with Crippen molar-refractivity contribution < 1.29 is 19.4 Å². The highest BCUT2D eigenvalue weighted by molar-refractivity contribution is 5.75. The molecule has 0 radical (unpaired) electrons. The molecule has 72 valence electrons. The van der Waals surface area contributed by atoms with E-state index >= 15 is 0 Å². The summed E-state index contributed by atoms with van der Waals surface area (Å²) in [6.45, 7) is 0.0327. The summed E-state index contributed by atoms with van der Waals surface area (Å²) in [5, 5.41) is 12.7. The van der Waals surface area contributed by atoms with E-state index in [4.69, 9.17) is 10.3 Å². The van der Waals surface area contributed by atoms with Gasteiger partial charge in [-0.1, -0.05) is 5.11 Å². The van der Waals surface area contributed by atoms with Crippen LogP contribution in [-0.4, -0.2) is 43.0 Å². The molecule has 0 aromatic heterocycles. The SMILES string of the molecule is COC(=O)[C@H]1OC[C@@H](N=[N+]=[N-])[C@@H]1O. The molecule has 0 aliphatic carbocycles. The van der Waals surface area contributed by atoms with Gasteiger partial charge in [0.25, 0.3) is 0 Å². The van der Waals surface area contributed by atoms with E-state index in [1.165, 1.54) is 7.11 Å². The molecule has 0 aromatic rings. The molecule has 1 heterocycles. The number of hydrogen-bond donors (Lipinski definition) is 1. The molecular formula is C6H9N3O4. The molecule has 1 aliphatic heterocycles. The van der Waals surface area contributed by atoms with Crippen LogP contribution in [0.15, 0.2) is 5.11 Å². The monoisotopic (exact) mass is 187 g/mol. The summed E-state index contributed by atoms with van der Waals surface area (Å²) in [4.78, 5) is 13.5. The third-order valence-corrected chi connectivity index (χ3v) is 1.78. The number of ether oxygens (including phenoxy) is 2. The first kappa shape index (κ1) is 9.79. The zero-order valence-electron chi connectivity index (χ0n) is 6.95. The predicted octanol–water partition coefficient (Wildman–Crippen LogP) is -0.402. The van der Waals surface area contributed by atoms with Crippen LogP contribution in [0, 0.1) is 0 Å². The van der Waals surface area contributed by atoms with E-state index in [1.807, 2.05) is 0 Å². The Labute approximate surface area is 73.9 Å². The van der Waals surface area contributed by atoms with Crippen molar-refractivity contribution >= 4 is 5.97 Å². The van der Waals surface area contributed by atoms with Gasteiger partial charge in [-0.2, -0.15) is 0 Å². The van der Waals surface area contributed by atoms with Gasteiger partial charge in [0, 0.05) is 4.91 Å². The van der Waals surface area contributed by atoms with Gasteiger partial charge in [0.05, 0.1) is 19.8 Å². The molecule has 0 unspecified atom stereocenters. The zero-order chi connectivity index (χ0) is 9.84. The molecule has 13 heavy (non-hydrogen) atoms. The van der Waals surface area contributed by atoms with Crippen molar-refractivity contribution in [1.82, 2.24) is 0 Å². The Hall–Kier alpha value is -1.30. The maximum Gasteiger partial charge on any atom is 0.337 e. The number of esters is 1. The standard InChI is InChI=1S/C6H9N3O4/c1-12-6(11)5-4(10)3(2-13-5)8-9-7/h3-5,10H,2H2,1H3/t3-,4+,5+/m1/s1. The van der Waals surface area contributed by atoms with E-state index in [-0.39, 0.29) is 6.61 Å². The van der Waals surface area contributed by atoms with Crippen molar-refractivity contribution in [3.63, 3.8) is 0 Å². The van der Waals surface area contributed by atoms with Gasteiger partial charge in [-0.3, -0.25) is 0 Å². The number of nitrogens with zero attached hydrogens (tertiary/aromatic N) is 3. The van der Waals surface area contributed by atoms with E-state index in [9.17, 15) is 9.90 Å². The fraction of sp³-hybridized carbons (Fsp3) is 0.833. The van der Waals surface area contributed by atoms with Gasteiger partial charge in [0.15, 0.2) is 6.10 Å². The predicted molar refractivity (Wildman–Crippen MR) is 40.7 cm³/mol. The Morgan fingerprint density at radius 3 is 3.08 bits per heavy atom. The van der Waals surface area contributed by atoms with Crippen LogP contribution in [0.5, 0.6) is 0 Å². The molecule has 1 rings (SSSR count). The molecule has 1 aliphatic rings. The van der Waals surface area contributed by atoms with Crippen molar-refractivity contribution in [2.24, 2.45) is 5.11 Å². The number of rotatable bonds is 2. The summed E-state index contributed by atoms with van der Waals surface area (Å²) in [5.41, 5.74) is 8.10. The van der Waals surface area contributed by atoms with Crippen LogP contribution in [0.4, 0.5) is 0 Å². The molecule has 0 aromatic carbocycles. The van der Waals surface area contributed by atoms with E-state index in [0.29, 0.717) is 0 Å². The number of azide groups is 1. The minimum absolute atomic E-state index is 0.0327. The Balaban J connectivity index is 2.64. The first-order valence-electron chi connectivity index (χ1n) is 3.62. The largest absolute Gasteiger partial charge is 0.467 e. The Kier molecular flexibility index (Phi) is 3.07. The topological polar surface area (TPSA) is 105 Å². The fourth-order valence-corrected chi connectivity index (χ4v) is 1.09. The number of aliphatic hydroxyl groups excluding tert-OH is 1. The highest BCUT2D eigenvalue weighted by Gasteiger charge is 2.40. The quantitative estimate of drug-likeness (QED) is 0.275. The lowest BCUT2D eigenvalue weighted by Gasteiger charge is -2.11. The van der Waals surface area contributed by atoms with E-state index in [1.54, 1.807) is 0 Å². The molecule has 7 nitrogen and oxygen atoms in total. The van der Waals surface area contributed by atoms with E-state index in [0.717, 1.165) is 0 Å². The molecule has 1 saturated heterocycles. The average molecular weight is 187 g/mol. The molecule has 0 saturated carbocycles. The third-order valence-electron chi connectivity index (χ3n) is 1.78. The Morgan fingerprint density at radius 1 is 1.85 bits per heavy atom. The second-order valence-corrected chi connectivity index (χ2v) is 2.54. The fourth-order valence-electron chi connectivity index (χ4n) is 1.09. The van der Waals surface area contributed by atoms with Crippen LogP contribution in [0.3, 0.4) is 0 Å². The van der Waals surface area contributed by atoms with Crippen molar-refractivity contribution in [1.29, 1.82) is 0 Å². The Bertz CT molecular complexity index is 250. The van der Waals surface area contributed by atoms with Gasteiger partial charge >= 0.3 is 5.97 Å². The van der Waals surface area contributed by atoms with Gasteiger partial charge in [0.2, 0.25) is 0 Å². The van der Waals surface area contributed by atoms with Crippen LogP contribution < -0.4 is 0 Å². The van der Waals surface area contributed by atoms with Crippen molar-refractivity contribution in [2.75, 3.05) is 13.7 Å². The van der Waals surface area contributed by atoms with Gasteiger partial charge in [0.1, 0.15) is 6.10 Å². The summed E-state index contributed by atoms with van der Waals surface area (Å²) < 4.78 is 9.27. The van der Waals surface area contributed by atoms with Crippen LogP contribution >= 0.6 is 0 Å². The lowest BCUT2D eigenvalue weighted by molar-refractivity contribution is -0.155. The summed E-state index contributed by atoms with van der Waals surface area (Å²) in [6, 6.07) is -0.714. The van der Waals surface area contributed by atoms with Crippen LogP contribution in [-0.2, 0) is 14.3 Å². The summed E-state index contributed by atoms with van der Waals surface area (Å²) in [7, 11) is 1.19. The third kappa shape index (κ3) is 1.89. The second kappa shape index (κ2) is 4.08. The highest BCUT2D eigenvalue weighted by atomic mass is 16.6. The molecule has 1 N–H and O–H groups in total. The Morgan fingerprint density at radius 2 is 2.54 bits per heavy atom. The molecule has 3 atom stereocenters. The number of methoxy groups -OCH3 is 1. The van der Waals surface area contributed by atoms with Crippen LogP contribution in [0.25, 0.3) is 10.4 Å². The second-order valence-electron chi connectivity index (χ2n) is 2.54. The average Bonchev–Trinajstić information content (AvgIpc) is 2.48. The van der Waals surface area contributed by atoms with Gasteiger partial charge in [-0.05, 0) is 5.53 Å².